The summed E-state index contributed by atoms with van der Waals surface area (Å²) in [6.45, 7) is 10.1. The summed E-state index contributed by atoms with van der Waals surface area (Å²) in [4.78, 5) is 19.3. The highest BCUT2D eigenvalue weighted by atomic mass is 16.5. The number of pyridine rings is 1. The highest BCUT2D eigenvalue weighted by molar-refractivity contribution is 6.00. The predicted octanol–water partition coefficient (Wildman–Crippen LogP) is 5.37. The molecule has 1 amide bonds. The monoisotopic (exact) mass is 429 g/mol. The number of amides is 1. The van der Waals surface area contributed by atoms with Gasteiger partial charge in [0.2, 0.25) is 5.88 Å². The van der Waals surface area contributed by atoms with E-state index in [0.29, 0.717) is 18.1 Å². The van der Waals surface area contributed by atoms with Crippen LogP contribution in [0.1, 0.15) is 51.2 Å². The number of anilines is 1. The summed E-state index contributed by atoms with van der Waals surface area (Å²) < 4.78 is 5.92. The molecule has 1 atom stereocenters. The molecule has 0 saturated heterocycles. The summed E-state index contributed by atoms with van der Waals surface area (Å²) in [7, 11) is 0. The molecule has 1 aliphatic carbocycles. The molecule has 2 heterocycles. The number of benzene rings is 1. The second-order valence-corrected chi connectivity index (χ2v) is 8.48. The third-order valence-electron chi connectivity index (χ3n) is 6.49. The lowest BCUT2D eigenvalue weighted by molar-refractivity contribution is -0.125. The normalized spacial score (nSPS) is 20.0. The zero-order chi connectivity index (χ0) is 22.9. The van der Waals surface area contributed by atoms with E-state index in [4.69, 9.17) is 15.5 Å². The van der Waals surface area contributed by atoms with Crippen LogP contribution in [0, 0.1) is 0 Å². The minimum Gasteiger partial charge on any atom is -0.463 e. The standard InChI is InChI=1S/C27H31N3O2/c1-5-8-10-19(6-2)22-17-23-25(32-18(4)26(31)30(23)7-3)29-24(22)20-11-13-21(14-12-20)27(28)15-9-16-27/h5-6,8,10-14,17-18H,1,7,9,15-16,28H2,2-4H3/b10-8-,19-6+. The van der Waals surface area contributed by atoms with Gasteiger partial charge in [-0.15, -0.1) is 0 Å². The van der Waals surface area contributed by atoms with E-state index in [1.807, 2.05) is 38.1 Å². The van der Waals surface area contributed by atoms with Crippen molar-refractivity contribution in [1.29, 1.82) is 0 Å². The number of nitrogens with two attached hydrogens (primary N) is 1. The van der Waals surface area contributed by atoms with Crippen molar-refractivity contribution in [2.45, 2.75) is 51.7 Å². The Labute approximate surface area is 190 Å². The minimum absolute atomic E-state index is 0.0535. The predicted molar refractivity (Wildman–Crippen MR) is 130 cm³/mol. The van der Waals surface area contributed by atoms with Crippen molar-refractivity contribution in [1.82, 2.24) is 4.98 Å². The number of rotatable bonds is 6. The van der Waals surface area contributed by atoms with Crippen molar-refractivity contribution in [2.24, 2.45) is 5.73 Å². The van der Waals surface area contributed by atoms with Crippen molar-refractivity contribution in [3.05, 3.63) is 72.3 Å². The van der Waals surface area contributed by atoms with Gasteiger partial charge < -0.3 is 15.4 Å². The first kappa shape index (κ1) is 22.0. The number of ether oxygens (including phenoxy) is 1. The van der Waals surface area contributed by atoms with Gasteiger partial charge in [0.25, 0.3) is 5.91 Å². The van der Waals surface area contributed by atoms with Crippen LogP contribution in [0.3, 0.4) is 0 Å². The second kappa shape index (κ2) is 8.75. The molecule has 1 aromatic heterocycles. The van der Waals surface area contributed by atoms with Gasteiger partial charge in [-0.05, 0) is 57.2 Å². The Bertz CT molecular complexity index is 1090. The van der Waals surface area contributed by atoms with Crippen LogP contribution in [-0.4, -0.2) is 23.5 Å². The van der Waals surface area contributed by atoms with E-state index in [1.165, 1.54) is 6.42 Å². The zero-order valence-electron chi connectivity index (χ0n) is 19.1. The minimum atomic E-state index is -0.561. The smallest absolute Gasteiger partial charge is 0.267 e. The number of fused-ring (bicyclic) bond motifs is 1. The maximum atomic E-state index is 12.7. The number of hydrogen-bond acceptors (Lipinski definition) is 4. The van der Waals surface area contributed by atoms with Crippen LogP contribution in [0.5, 0.6) is 5.88 Å². The number of hydrogen-bond donors (Lipinski definition) is 1. The first-order chi connectivity index (χ1) is 15.4. The lowest BCUT2D eigenvalue weighted by Crippen LogP contribution is -2.44. The molecule has 0 spiro atoms. The van der Waals surface area contributed by atoms with E-state index in [-0.39, 0.29) is 11.4 Å². The fourth-order valence-corrected chi connectivity index (χ4v) is 4.41. The van der Waals surface area contributed by atoms with Crippen molar-refractivity contribution in [3.63, 3.8) is 0 Å². The molecule has 2 aliphatic rings. The Morgan fingerprint density at radius 3 is 2.62 bits per heavy atom. The van der Waals surface area contributed by atoms with Crippen LogP contribution in [-0.2, 0) is 10.3 Å². The highest BCUT2D eigenvalue weighted by Gasteiger charge is 2.35. The fraction of sp³-hybridized carbons (Fsp3) is 0.333. The quantitative estimate of drug-likeness (QED) is 0.627. The van der Waals surface area contributed by atoms with Gasteiger partial charge in [0.1, 0.15) is 5.69 Å². The van der Waals surface area contributed by atoms with E-state index in [1.54, 1.807) is 17.9 Å². The van der Waals surface area contributed by atoms with Crippen LogP contribution in [0.25, 0.3) is 16.8 Å². The Hall–Kier alpha value is -3.18. The molecule has 2 aromatic rings. The molecule has 4 rings (SSSR count). The number of nitrogens with zero attached hydrogens (tertiary/aromatic N) is 2. The third kappa shape index (κ3) is 3.78. The molecule has 1 aromatic carbocycles. The first-order valence-corrected chi connectivity index (χ1v) is 11.3. The molecule has 5 nitrogen and oxygen atoms in total. The number of carbonyl (C=O) groups excluding carboxylic acids is 1. The summed E-state index contributed by atoms with van der Waals surface area (Å²) in [6, 6.07) is 10.4. The molecular weight excluding hydrogens is 398 g/mol. The molecule has 166 valence electrons. The van der Waals surface area contributed by atoms with Crippen molar-refractivity contribution < 1.29 is 9.53 Å². The fourth-order valence-electron chi connectivity index (χ4n) is 4.41. The zero-order valence-corrected chi connectivity index (χ0v) is 19.1. The number of carbonyl (C=O) groups is 1. The number of likely N-dealkylation sites (N-methyl/N-ethyl adjacent to an activating group) is 1. The number of allylic oxidation sites excluding steroid dienone is 5. The van der Waals surface area contributed by atoms with Crippen molar-refractivity contribution in [3.8, 4) is 17.1 Å². The molecule has 2 N–H and O–H groups in total. The Balaban J connectivity index is 1.87. The molecule has 1 aliphatic heterocycles. The van der Waals surface area contributed by atoms with Crippen LogP contribution >= 0.6 is 0 Å². The van der Waals surface area contributed by atoms with Gasteiger partial charge in [-0.1, -0.05) is 55.1 Å². The molecular formula is C27H31N3O2. The van der Waals surface area contributed by atoms with Crippen LogP contribution in [0.15, 0.2) is 61.2 Å². The summed E-state index contributed by atoms with van der Waals surface area (Å²) >= 11 is 0. The largest absolute Gasteiger partial charge is 0.463 e. The number of aromatic nitrogens is 1. The Kier molecular flexibility index (Phi) is 6.02. The lowest BCUT2D eigenvalue weighted by atomic mass is 9.72. The van der Waals surface area contributed by atoms with Gasteiger partial charge in [-0.3, -0.25) is 4.79 Å². The van der Waals surface area contributed by atoms with Gasteiger partial charge in [0.15, 0.2) is 6.10 Å². The average molecular weight is 430 g/mol. The SMILES string of the molecule is C=C/C=C\C(=C/C)c1cc2c(nc1-c1ccc(C3(N)CCC3)cc1)OC(C)C(=O)N2CC. The summed E-state index contributed by atoms with van der Waals surface area (Å²) in [5.41, 5.74) is 11.9. The first-order valence-electron chi connectivity index (χ1n) is 11.3. The maximum Gasteiger partial charge on any atom is 0.267 e. The Morgan fingerprint density at radius 2 is 2.06 bits per heavy atom. The van der Waals surface area contributed by atoms with Gasteiger partial charge in [-0.25, -0.2) is 4.98 Å². The molecule has 5 heteroatoms. The Morgan fingerprint density at radius 1 is 1.34 bits per heavy atom. The van der Waals surface area contributed by atoms with E-state index in [9.17, 15) is 4.79 Å². The van der Waals surface area contributed by atoms with Crippen LogP contribution in [0.4, 0.5) is 5.69 Å². The molecule has 32 heavy (non-hydrogen) atoms. The third-order valence-corrected chi connectivity index (χ3v) is 6.49. The molecule has 0 radical (unpaired) electrons. The molecule has 1 unspecified atom stereocenters. The maximum absolute atomic E-state index is 12.7. The molecule has 1 fully saturated rings. The van der Waals surface area contributed by atoms with Gasteiger partial charge >= 0.3 is 0 Å². The van der Waals surface area contributed by atoms with Crippen molar-refractivity contribution in [2.75, 3.05) is 11.4 Å². The lowest BCUT2D eigenvalue weighted by Gasteiger charge is -2.38. The van der Waals surface area contributed by atoms with Crippen LogP contribution < -0.4 is 15.4 Å². The average Bonchev–Trinajstić information content (AvgIpc) is 2.79. The highest BCUT2D eigenvalue weighted by Crippen LogP contribution is 2.42. The van der Waals surface area contributed by atoms with E-state index < -0.39 is 6.10 Å². The van der Waals surface area contributed by atoms with E-state index >= 15 is 0 Å². The summed E-state index contributed by atoms with van der Waals surface area (Å²) in [5, 5.41) is 0. The second-order valence-electron chi connectivity index (χ2n) is 8.48. The molecule has 0 bridgehead atoms. The van der Waals surface area contributed by atoms with Gasteiger partial charge in [0.05, 0.1) is 5.69 Å². The summed E-state index contributed by atoms with van der Waals surface area (Å²) in [6.07, 6.45) is 10.3. The van der Waals surface area contributed by atoms with Crippen molar-refractivity contribution >= 4 is 17.2 Å². The summed E-state index contributed by atoms with van der Waals surface area (Å²) in [5.74, 6) is 0.432. The van der Waals surface area contributed by atoms with Gasteiger partial charge in [-0.2, -0.15) is 0 Å². The van der Waals surface area contributed by atoms with Gasteiger partial charge in [0, 0.05) is 23.2 Å². The topological polar surface area (TPSA) is 68.5 Å². The van der Waals surface area contributed by atoms with E-state index in [2.05, 4.69) is 30.8 Å². The molecule has 1 saturated carbocycles. The van der Waals surface area contributed by atoms with Crippen LogP contribution in [0.2, 0.25) is 0 Å². The van der Waals surface area contributed by atoms with E-state index in [0.717, 1.165) is 40.8 Å².